The van der Waals surface area contributed by atoms with Crippen molar-refractivity contribution in [1.29, 1.82) is 5.26 Å². The SMILES string of the molecule is CCc1c(C#N)cccc1[C](F)F. The van der Waals surface area contributed by atoms with Crippen LogP contribution in [0.4, 0.5) is 8.78 Å². The molecule has 0 aliphatic carbocycles. The zero-order chi connectivity index (χ0) is 9.84. The van der Waals surface area contributed by atoms with Gasteiger partial charge < -0.3 is 0 Å². The smallest absolute Gasteiger partial charge is 0.194 e. The molecule has 0 unspecified atom stereocenters. The lowest BCUT2D eigenvalue weighted by Gasteiger charge is -2.06. The van der Waals surface area contributed by atoms with Crippen molar-refractivity contribution in [3.05, 3.63) is 41.3 Å². The molecule has 0 fully saturated rings. The second-order valence-electron chi connectivity index (χ2n) is 2.56. The van der Waals surface area contributed by atoms with Crippen molar-refractivity contribution in [3.63, 3.8) is 0 Å². The molecular weight excluding hydrogens is 172 g/mol. The molecule has 1 nitrogen and oxygen atoms in total. The Morgan fingerprint density at radius 3 is 2.62 bits per heavy atom. The van der Waals surface area contributed by atoms with Gasteiger partial charge in [-0.25, -0.2) is 0 Å². The predicted octanol–water partition coefficient (Wildman–Crippen LogP) is 2.90. The lowest BCUT2D eigenvalue weighted by molar-refractivity contribution is 0.323. The maximum absolute atomic E-state index is 12.3. The first kappa shape index (κ1) is 9.66. The number of hydrogen-bond donors (Lipinski definition) is 0. The van der Waals surface area contributed by atoms with Crippen molar-refractivity contribution >= 4 is 0 Å². The van der Waals surface area contributed by atoms with E-state index >= 15 is 0 Å². The Bertz CT molecular complexity index is 339. The Balaban J connectivity index is 3.29. The van der Waals surface area contributed by atoms with Gasteiger partial charge in [-0.05, 0) is 18.1 Å². The number of nitriles is 1. The van der Waals surface area contributed by atoms with Gasteiger partial charge in [0.25, 0.3) is 0 Å². The Labute approximate surface area is 75.6 Å². The fourth-order valence-electron chi connectivity index (χ4n) is 1.25. The summed E-state index contributed by atoms with van der Waals surface area (Å²) in [6, 6.07) is 6.23. The van der Waals surface area contributed by atoms with Gasteiger partial charge in [0.2, 0.25) is 0 Å². The Hall–Kier alpha value is -1.43. The molecule has 0 atom stereocenters. The standard InChI is InChI=1S/C10H8F2N/c1-2-8-7(6-13)4-3-5-9(8)10(11)12/h3-5H,2H2,1H3. The number of rotatable bonds is 2. The summed E-state index contributed by atoms with van der Waals surface area (Å²) in [5.41, 5.74) is 0.638. The first-order valence-electron chi connectivity index (χ1n) is 3.91. The molecule has 67 valence electrons. The summed E-state index contributed by atoms with van der Waals surface area (Å²) in [6.45, 7) is 1.75. The van der Waals surface area contributed by atoms with Crippen LogP contribution in [0.5, 0.6) is 0 Å². The van der Waals surface area contributed by atoms with Crippen LogP contribution in [0.15, 0.2) is 18.2 Å². The molecule has 0 aromatic heterocycles. The highest BCUT2D eigenvalue weighted by Crippen LogP contribution is 2.24. The molecule has 0 aliphatic heterocycles. The third kappa shape index (κ3) is 1.83. The molecule has 0 spiro atoms. The van der Waals surface area contributed by atoms with Crippen molar-refractivity contribution in [2.45, 2.75) is 13.3 Å². The van der Waals surface area contributed by atoms with Gasteiger partial charge in [0.05, 0.1) is 11.6 Å². The number of hydrogen-bond acceptors (Lipinski definition) is 1. The largest absolute Gasteiger partial charge is 0.340 e. The van der Waals surface area contributed by atoms with E-state index in [1.54, 1.807) is 13.0 Å². The zero-order valence-electron chi connectivity index (χ0n) is 7.14. The average molecular weight is 180 g/mol. The van der Waals surface area contributed by atoms with E-state index in [0.29, 0.717) is 17.5 Å². The number of nitrogens with zero attached hydrogens (tertiary/aromatic N) is 1. The van der Waals surface area contributed by atoms with E-state index in [1.165, 1.54) is 12.1 Å². The molecule has 0 N–H and O–H groups in total. The average Bonchev–Trinajstić information content (AvgIpc) is 2.16. The maximum Gasteiger partial charge on any atom is 0.340 e. The van der Waals surface area contributed by atoms with Crippen LogP contribution in [0.3, 0.4) is 0 Å². The topological polar surface area (TPSA) is 23.8 Å². The highest BCUT2D eigenvalue weighted by molar-refractivity contribution is 5.45. The van der Waals surface area contributed by atoms with E-state index < -0.39 is 6.43 Å². The van der Waals surface area contributed by atoms with Gasteiger partial charge in [0.1, 0.15) is 0 Å². The molecule has 1 rings (SSSR count). The predicted molar refractivity (Wildman–Crippen MR) is 45.1 cm³/mol. The second kappa shape index (κ2) is 3.99. The summed E-state index contributed by atoms with van der Waals surface area (Å²) in [5, 5.41) is 8.65. The van der Waals surface area contributed by atoms with Gasteiger partial charge in [-0.2, -0.15) is 14.0 Å². The minimum Gasteiger partial charge on any atom is -0.194 e. The fourth-order valence-corrected chi connectivity index (χ4v) is 1.25. The number of benzene rings is 1. The van der Waals surface area contributed by atoms with Crippen molar-refractivity contribution in [3.8, 4) is 6.07 Å². The molecule has 0 heterocycles. The minimum atomic E-state index is -1.73. The second-order valence-corrected chi connectivity index (χ2v) is 2.56. The van der Waals surface area contributed by atoms with Crippen LogP contribution >= 0.6 is 0 Å². The van der Waals surface area contributed by atoms with Gasteiger partial charge in [0.15, 0.2) is 0 Å². The summed E-state index contributed by atoms with van der Waals surface area (Å²) in [6.07, 6.45) is -1.29. The van der Waals surface area contributed by atoms with Crippen LogP contribution in [0.25, 0.3) is 0 Å². The molecule has 0 amide bonds. The van der Waals surface area contributed by atoms with Crippen LogP contribution in [0, 0.1) is 17.8 Å². The van der Waals surface area contributed by atoms with E-state index in [4.69, 9.17) is 5.26 Å². The molecule has 13 heavy (non-hydrogen) atoms. The van der Waals surface area contributed by atoms with Crippen molar-refractivity contribution in [2.24, 2.45) is 0 Å². The number of halogens is 2. The molecule has 1 aromatic carbocycles. The maximum atomic E-state index is 12.3. The first-order chi connectivity index (χ1) is 6.20. The van der Waals surface area contributed by atoms with Crippen molar-refractivity contribution < 1.29 is 8.78 Å². The highest BCUT2D eigenvalue weighted by Gasteiger charge is 2.15. The van der Waals surface area contributed by atoms with Crippen LogP contribution < -0.4 is 0 Å². The van der Waals surface area contributed by atoms with E-state index in [2.05, 4.69) is 0 Å². The third-order valence-corrected chi connectivity index (χ3v) is 1.85. The van der Waals surface area contributed by atoms with Crippen LogP contribution in [-0.4, -0.2) is 0 Å². The Morgan fingerprint density at radius 2 is 2.15 bits per heavy atom. The molecule has 3 heteroatoms. The quantitative estimate of drug-likeness (QED) is 0.686. The van der Waals surface area contributed by atoms with Crippen LogP contribution in [0.2, 0.25) is 0 Å². The lowest BCUT2D eigenvalue weighted by Crippen LogP contribution is -1.96. The molecular formula is C10H8F2N. The molecule has 1 aromatic rings. The fraction of sp³-hybridized carbons (Fsp3) is 0.200. The van der Waals surface area contributed by atoms with Gasteiger partial charge in [0, 0.05) is 5.56 Å². The van der Waals surface area contributed by atoms with Gasteiger partial charge in [-0.15, -0.1) is 0 Å². The Morgan fingerprint density at radius 1 is 1.46 bits per heavy atom. The summed E-state index contributed by atoms with van der Waals surface area (Å²) in [4.78, 5) is 0. The molecule has 0 saturated heterocycles. The molecule has 1 radical (unpaired) electrons. The zero-order valence-corrected chi connectivity index (χ0v) is 7.14. The van der Waals surface area contributed by atoms with Gasteiger partial charge in [-0.3, -0.25) is 0 Å². The molecule has 0 saturated carbocycles. The van der Waals surface area contributed by atoms with Gasteiger partial charge >= 0.3 is 6.43 Å². The third-order valence-electron chi connectivity index (χ3n) is 1.85. The van der Waals surface area contributed by atoms with E-state index in [1.807, 2.05) is 6.07 Å². The van der Waals surface area contributed by atoms with E-state index in [0.717, 1.165) is 0 Å². The highest BCUT2D eigenvalue weighted by atomic mass is 19.3. The summed E-state index contributed by atoms with van der Waals surface area (Å²) >= 11 is 0. The molecule has 0 bridgehead atoms. The minimum absolute atomic E-state index is 0.110. The summed E-state index contributed by atoms with van der Waals surface area (Å²) in [7, 11) is 0. The van der Waals surface area contributed by atoms with Crippen LogP contribution in [-0.2, 0) is 6.42 Å². The van der Waals surface area contributed by atoms with E-state index in [-0.39, 0.29) is 5.56 Å². The lowest BCUT2D eigenvalue weighted by atomic mass is 10.00. The Kier molecular flexibility index (Phi) is 2.97. The van der Waals surface area contributed by atoms with Crippen LogP contribution in [0.1, 0.15) is 23.6 Å². The van der Waals surface area contributed by atoms with Gasteiger partial charge in [-0.1, -0.05) is 19.1 Å². The summed E-state index contributed by atoms with van der Waals surface area (Å²) in [5.74, 6) is 0. The summed E-state index contributed by atoms with van der Waals surface area (Å²) < 4.78 is 24.7. The van der Waals surface area contributed by atoms with Crippen molar-refractivity contribution in [2.75, 3.05) is 0 Å². The van der Waals surface area contributed by atoms with E-state index in [9.17, 15) is 8.78 Å². The first-order valence-corrected chi connectivity index (χ1v) is 3.91. The normalized spacial score (nSPS) is 10.1. The van der Waals surface area contributed by atoms with Crippen molar-refractivity contribution in [1.82, 2.24) is 0 Å². The molecule has 0 aliphatic rings. The monoisotopic (exact) mass is 180 g/mol.